The normalized spacial score (nSPS) is 13.6. The molecular weight excluding hydrogens is 196 g/mol. The van der Waals surface area contributed by atoms with E-state index in [4.69, 9.17) is 5.73 Å². The molecule has 0 spiro atoms. The van der Waals surface area contributed by atoms with Gasteiger partial charge < -0.3 is 11.1 Å². The van der Waals surface area contributed by atoms with E-state index in [0.717, 1.165) is 11.5 Å². The van der Waals surface area contributed by atoms with E-state index in [-0.39, 0.29) is 11.9 Å². The van der Waals surface area contributed by atoms with Gasteiger partial charge in [-0.05, 0) is 11.7 Å². The third kappa shape index (κ3) is 7.21. The Balaban J connectivity index is 3.80. The van der Waals surface area contributed by atoms with E-state index in [1.54, 1.807) is 11.8 Å². The van der Waals surface area contributed by atoms with Crippen molar-refractivity contribution >= 4 is 17.7 Å². The molecule has 0 heterocycles. The van der Waals surface area contributed by atoms with Gasteiger partial charge in [0.05, 0.1) is 6.04 Å². The van der Waals surface area contributed by atoms with Crippen molar-refractivity contribution in [1.29, 1.82) is 0 Å². The molecule has 0 aromatic rings. The van der Waals surface area contributed by atoms with Crippen LogP contribution in [0.3, 0.4) is 0 Å². The van der Waals surface area contributed by atoms with Gasteiger partial charge in [0, 0.05) is 11.8 Å². The Morgan fingerprint density at radius 3 is 2.21 bits per heavy atom. The Bertz CT molecular complexity index is 172. The summed E-state index contributed by atoms with van der Waals surface area (Å²) >= 11 is 1.78. The van der Waals surface area contributed by atoms with Crippen molar-refractivity contribution in [2.24, 2.45) is 11.7 Å². The molecule has 0 aliphatic rings. The van der Waals surface area contributed by atoms with Crippen LogP contribution in [0, 0.1) is 5.92 Å². The molecule has 0 aliphatic heterocycles. The summed E-state index contributed by atoms with van der Waals surface area (Å²) < 4.78 is 0. The summed E-state index contributed by atoms with van der Waals surface area (Å²) in [6.45, 7) is 8.37. The van der Waals surface area contributed by atoms with E-state index < -0.39 is 0 Å². The SMILES string of the molecule is CC(C)CSCC(NC(C)C)C(N)=O. The summed E-state index contributed by atoms with van der Waals surface area (Å²) in [5.41, 5.74) is 5.29. The number of nitrogens with two attached hydrogens (primary N) is 1. The zero-order chi connectivity index (χ0) is 11.1. The fourth-order valence-corrected chi connectivity index (χ4v) is 2.14. The molecule has 0 rings (SSSR count). The number of hydrogen-bond donors (Lipinski definition) is 2. The average Bonchev–Trinajstić information content (AvgIpc) is 2.00. The first-order valence-corrected chi connectivity index (χ1v) is 6.22. The Morgan fingerprint density at radius 1 is 1.29 bits per heavy atom. The van der Waals surface area contributed by atoms with Crippen LogP contribution in [0.5, 0.6) is 0 Å². The Hall–Kier alpha value is -0.220. The van der Waals surface area contributed by atoms with Crippen LogP contribution in [0.15, 0.2) is 0 Å². The van der Waals surface area contributed by atoms with E-state index in [2.05, 4.69) is 19.2 Å². The highest BCUT2D eigenvalue weighted by molar-refractivity contribution is 7.99. The second-order valence-electron chi connectivity index (χ2n) is 4.21. The number of thioether (sulfide) groups is 1. The van der Waals surface area contributed by atoms with Gasteiger partial charge in [0.2, 0.25) is 5.91 Å². The van der Waals surface area contributed by atoms with E-state index in [9.17, 15) is 4.79 Å². The first kappa shape index (κ1) is 13.8. The third-order valence-electron chi connectivity index (χ3n) is 1.61. The second-order valence-corrected chi connectivity index (χ2v) is 5.28. The number of primary amides is 1. The summed E-state index contributed by atoms with van der Waals surface area (Å²) in [7, 11) is 0. The molecule has 0 aromatic heterocycles. The molecule has 1 unspecified atom stereocenters. The standard InChI is InChI=1S/C10H22N2OS/c1-7(2)5-14-6-9(10(11)13)12-8(3)4/h7-9,12H,5-6H2,1-4H3,(H2,11,13). The van der Waals surface area contributed by atoms with Gasteiger partial charge in [0.15, 0.2) is 0 Å². The van der Waals surface area contributed by atoms with Crippen LogP contribution >= 0.6 is 11.8 Å². The van der Waals surface area contributed by atoms with Crippen LogP contribution in [0.2, 0.25) is 0 Å². The number of carbonyl (C=O) groups is 1. The molecule has 3 N–H and O–H groups in total. The molecule has 0 saturated carbocycles. The molecule has 14 heavy (non-hydrogen) atoms. The molecule has 84 valence electrons. The highest BCUT2D eigenvalue weighted by Crippen LogP contribution is 2.09. The van der Waals surface area contributed by atoms with Crippen molar-refractivity contribution in [2.45, 2.75) is 39.8 Å². The van der Waals surface area contributed by atoms with Crippen molar-refractivity contribution in [2.75, 3.05) is 11.5 Å². The molecule has 3 nitrogen and oxygen atoms in total. The minimum Gasteiger partial charge on any atom is -0.368 e. The highest BCUT2D eigenvalue weighted by Gasteiger charge is 2.15. The number of hydrogen-bond acceptors (Lipinski definition) is 3. The van der Waals surface area contributed by atoms with Gasteiger partial charge in [-0.1, -0.05) is 27.7 Å². The first-order valence-electron chi connectivity index (χ1n) is 5.06. The summed E-state index contributed by atoms with van der Waals surface area (Å²) in [5.74, 6) is 2.25. The van der Waals surface area contributed by atoms with Crippen LogP contribution < -0.4 is 11.1 Å². The van der Waals surface area contributed by atoms with Crippen LogP contribution in [0.25, 0.3) is 0 Å². The molecule has 0 radical (unpaired) electrons. The molecule has 4 heteroatoms. The predicted molar refractivity (Wildman–Crippen MR) is 63.4 cm³/mol. The molecule has 1 amide bonds. The van der Waals surface area contributed by atoms with Crippen LogP contribution in [0.1, 0.15) is 27.7 Å². The van der Waals surface area contributed by atoms with Crippen LogP contribution in [-0.2, 0) is 4.79 Å². The topological polar surface area (TPSA) is 55.1 Å². The minimum absolute atomic E-state index is 0.196. The summed E-state index contributed by atoms with van der Waals surface area (Å²) in [6, 6.07) is 0.103. The predicted octanol–water partition coefficient (Wildman–Crippen LogP) is 1.23. The van der Waals surface area contributed by atoms with Crippen molar-refractivity contribution in [3.63, 3.8) is 0 Å². The van der Waals surface area contributed by atoms with E-state index in [1.807, 2.05) is 13.8 Å². The first-order chi connectivity index (χ1) is 6.43. The molecular formula is C10H22N2OS. The Morgan fingerprint density at radius 2 is 1.86 bits per heavy atom. The lowest BCUT2D eigenvalue weighted by molar-refractivity contribution is -0.119. The van der Waals surface area contributed by atoms with Crippen molar-refractivity contribution in [3.8, 4) is 0 Å². The van der Waals surface area contributed by atoms with Gasteiger partial charge in [-0.3, -0.25) is 4.79 Å². The molecule has 0 fully saturated rings. The fraction of sp³-hybridized carbons (Fsp3) is 0.900. The molecule has 0 aliphatic carbocycles. The maximum absolute atomic E-state index is 11.1. The van der Waals surface area contributed by atoms with E-state index in [1.165, 1.54) is 0 Å². The maximum Gasteiger partial charge on any atom is 0.235 e. The van der Waals surface area contributed by atoms with Crippen molar-refractivity contribution in [3.05, 3.63) is 0 Å². The van der Waals surface area contributed by atoms with Crippen molar-refractivity contribution in [1.82, 2.24) is 5.32 Å². The quantitative estimate of drug-likeness (QED) is 0.676. The minimum atomic E-state index is -0.255. The lowest BCUT2D eigenvalue weighted by Gasteiger charge is -2.18. The van der Waals surface area contributed by atoms with Crippen LogP contribution in [0.4, 0.5) is 0 Å². The lowest BCUT2D eigenvalue weighted by Crippen LogP contribution is -2.46. The fourth-order valence-electron chi connectivity index (χ4n) is 1.04. The zero-order valence-electron chi connectivity index (χ0n) is 9.54. The largest absolute Gasteiger partial charge is 0.368 e. The van der Waals surface area contributed by atoms with Gasteiger partial charge in [0.25, 0.3) is 0 Å². The van der Waals surface area contributed by atoms with Gasteiger partial charge in [-0.25, -0.2) is 0 Å². The summed E-state index contributed by atoms with van der Waals surface area (Å²) in [6.07, 6.45) is 0. The number of nitrogens with one attached hydrogen (secondary N) is 1. The lowest BCUT2D eigenvalue weighted by atomic mass is 10.3. The van der Waals surface area contributed by atoms with E-state index in [0.29, 0.717) is 12.0 Å². The van der Waals surface area contributed by atoms with Gasteiger partial charge in [0.1, 0.15) is 0 Å². The summed E-state index contributed by atoms with van der Waals surface area (Å²) in [4.78, 5) is 11.1. The Kier molecular flexibility index (Phi) is 7.01. The summed E-state index contributed by atoms with van der Waals surface area (Å²) in [5, 5.41) is 3.16. The molecule has 0 aromatic carbocycles. The maximum atomic E-state index is 11.1. The molecule has 1 atom stereocenters. The molecule has 0 bridgehead atoms. The number of amides is 1. The second kappa shape index (κ2) is 7.12. The average molecular weight is 218 g/mol. The highest BCUT2D eigenvalue weighted by atomic mass is 32.2. The smallest absolute Gasteiger partial charge is 0.235 e. The van der Waals surface area contributed by atoms with Gasteiger partial charge in [-0.2, -0.15) is 11.8 Å². The van der Waals surface area contributed by atoms with Crippen LogP contribution in [-0.4, -0.2) is 29.5 Å². The molecule has 0 saturated heterocycles. The van der Waals surface area contributed by atoms with E-state index >= 15 is 0 Å². The number of rotatable bonds is 7. The number of carbonyl (C=O) groups excluding carboxylic acids is 1. The van der Waals surface area contributed by atoms with Gasteiger partial charge >= 0.3 is 0 Å². The van der Waals surface area contributed by atoms with Crippen molar-refractivity contribution < 1.29 is 4.79 Å². The Labute approximate surface area is 91.2 Å². The monoisotopic (exact) mass is 218 g/mol. The van der Waals surface area contributed by atoms with Gasteiger partial charge in [-0.15, -0.1) is 0 Å². The zero-order valence-corrected chi connectivity index (χ0v) is 10.4. The third-order valence-corrected chi connectivity index (χ3v) is 3.09.